The van der Waals surface area contributed by atoms with Crippen LogP contribution in [0.15, 0.2) is 11.0 Å². The molecule has 1 aromatic heterocycles. The molecule has 3 fully saturated rings. The highest BCUT2D eigenvalue weighted by molar-refractivity contribution is 7.46. The van der Waals surface area contributed by atoms with Crippen LogP contribution < -0.4 is 11.4 Å². The van der Waals surface area contributed by atoms with Gasteiger partial charge in [-0.05, 0) is 25.7 Å². The van der Waals surface area contributed by atoms with Crippen LogP contribution in [0, 0.1) is 12.8 Å². The maximum atomic E-state index is 12.1. The van der Waals surface area contributed by atoms with E-state index < -0.39 is 37.0 Å². The molecule has 2 heterocycles. The number of nitrogens with two attached hydrogens (primary N) is 1. The molecule has 24 heavy (non-hydrogen) atoms. The number of aliphatic hydroxyl groups is 1. The maximum Gasteiger partial charge on any atom is 0.470 e. The van der Waals surface area contributed by atoms with Gasteiger partial charge in [-0.1, -0.05) is 0 Å². The molecule has 11 heteroatoms. The molecule has 0 spiro atoms. The second-order valence-corrected chi connectivity index (χ2v) is 8.08. The van der Waals surface area contributed by atoms with Gasteiger partial charge in [0.1, 0.15) is 23.8 Å². The summed E-state index contributed by atoms with van der Waals surface area (Å²) in [5.74, 6) is -0.0409. The van der Waals surface area contributed by atoms with Crippen molar-refractivity contribution in [3.63, 3.8) is 0 Å². The van der Waals surface area contributed by atoms with Crippen LogP contribution in [0.5, 0.6) is 0 Å². The molecule has 4 rings (SSSR count). The van der Waals surface area contributed by atoms with E-state index in [9.17, 15) is 14.5 Å². The van der Waals surface area contributed by atoms with Crippen LogP contribution in [0.2, 0.25) is 0 Å². The van der Waals surface area contributed by atoms with Crippen LogP contribution in [-0.2, 0) is 13.8 Å². The molecule has 2 saturated carbocycles. The molecule has 0 unspecified atom stereocenters. The zero-order valence-corrected chi connectivity index (χ0v) is 13.7. The Bertz CT molecular complexity index is 822. The maximum absolute atomic E-state index is 12.1. The Morgan fingerprint density at radius 3 is 2.83 bits per heavy atom. The van der Waals surface area contributed by atoms with Crippen molar-refractivity contribution < 1.29 is 28.7 Å². The van der Waals surface area contributed by atoms with Gasteiger partial charge in [-0.2, -0.15) is 4.98 Å². The first-order chi connectivity index (χ1) is 11.0. The van der Waals surface area contributed by atoms with Gasteiger partial charge in [0.15, 0.2) is 0 Å². The summed E-state index contributed by atoms with van der Waals surface area (Å²) in [6.07, 6.45) is 0.637. The van der Waals surface area contributed by atoms with Gasteiger partial charge >= 0.3 is 13.5 Å². The number of fused-ring (bicyclic) bond motifs is 3. The summed E-state index contributed by atoms with van der Waals surface area (Å²) in [4.78, 5) is 34.0. The number of anilines is 1. The van der Waals surface area contributed by atoms with Crippen molar-refractivity contribution in [2.45, 2.75) is 49.7 Å². The molecule has 5 N–H and O–H groups in total. The molecule has 5 atom stereocenters. The van der Waals surface area contributed by atoms with E-state index in [-0.39, 0.29) is 18.2 Å². The Hall–Kier alpha value is -1.29. The largest absolute Gasteiger partial charge is 0.470 e. The zero-order valence-electron chi connectivity index (χ0n) is 12.8. The average molecular weight is 359 g/mol. The quantitative estimate of drug-likeness (QED) is 0.518. The molecule has 1 aromatic rings. The van der Waals surface area contributed by atoms with E-state index in [1.54, 1.807) is 6.92 Å². The first kappa shape index (κ1) is 16.2. The van der Waals surface area contributed by atoms with Gasteiger partial charge < -0.3 is 25.4 Å². The minimum absolute atomic E-state index is 0.116. The van der Waals surface area contributed by atoms with E-state index >= 15 is 0 Å². The number of aryl methyl sites for hydroxylation is 1. The summed E-state index contributed by atoms with van der Waals surface area (Å²) in [6.45, 7) is 1.69. The number of nitrogens with zero attached hydrogens (tertiary/aromatic N) is 2. The third-order valence-corrected chi connectivity index (χ3v) is 5.80. The van der Waals surface area contributed by atoms with E-state index in [0.29, 0.717) is 18.4 Å². The lowest BCUT2D eigenvalue weighted by atomic mass is 9.92. The molecule has 1 saturated heterocycles. The van der Waals surface area contributed by atoms with Crippen molar-refractivity contribution in [1.82, 2.24) is 9.55 Å². The summed E-state index contributed by atoms with van der Waals surface area (Å²) < 4.78 is 23.3. The molecular weight excluding hydrogens is 341 g/mol. The van der Waals surface area contributed by atoms with Crippen molar-refractivity contribution in [3.8, 4) is 0 Å². The Kier molecular flexibility index (Phi) is 3.14. The smallest absolute Gasteiger partial charge is 0.387 e. The highest BCUT2D eigenvalue weighted by Crippen LogP contribution is 2.70. The van der Waals surface area contributed by atoms with Crippen LogP contribution in [0.25, 0.3) is 0 Å². The van der Waals surface area contributed by atoms with Crippen molar-refractivity contribution in [1.29, 1.82) is 0 Å². The van der Waals surface area contributed by atoms with Crippen LogP contribution in [0.1, 0.15) is 31.1 Å². The number of hydrogen-bond acceptors (Lipinski definition) is 7. The van der Waals surface area contributed by atoms with Gasteiger partial charge in [-0.25, -0.2) is 9.36 Å². The number of hydrogen-bond donors (Lipinski definition) is 4. The molecule has 3 aliphatic rings. The predicted molar refractivity (Wildman–Crippen MR) is 79.7 cm³/mol. The summed E-state index contributed by atoms with van der Waals surface area (Å²) >= 11 is 0. The monoisotopic (exact) mass is 359 g/mol. The van der Waals surface area contributed by atoms with Crippen LogP contribution in [0.4, 0.5) is 5.82 Å². The summed E-state index contributed by atoms with van der Waals surface area (Å²) in [7, 11) is -4.72. The number of nitrogen functional groups attached to an aromatic ring is 1. The number of ether oxygens (including phenoxy) is 1. The Morgan fingerprint density at radius 1 is 1.46 bits per heavy atom. The first-order valence-corrected chi connectivity index (χ1v) is 9.06. The van der Waals surface area contributed by atoms with Crippen molar-refractivity contribution >= 4 is 13.6 Å². The van der Waals surface area contributed by atoms with Gasteiger partial charge in [-0.15, -0.1) is 0 Å². The molecule has 2 aliphatic carbocycles. The molecule has 0 amide bonds. The van der Waals surface area contributed by atoms with Gasteiger partial charge in [0, 0.05) is 18.2 Å². The van der Waals surface area contributed by atoms with E-state index in [4.69, 9.17) is 24.8 Å². The Morgan fingerprint density at radius 2 is 2.17 bits per heavy atom. The fourth-order valence-corrected chi connectivity index (χ4v) is 4.91. The number of phosphoric ester groups is 1. The molecule has 10 nitrogen and oxygen atoms in total. The number of phosphoric acid groups is 1. The second kappa shape index (κ2) is 4.66. The highest BCUT2D eigenvalue weighted by Gasteiger charge is 2.78. The topological polar surface area (TPSA) is 157 Å². The SMILES string of the molecule is Cc1cn([C@H]2C[C@@]3(O)C[C@@H]4C[C@]4(OP(=O)(O)O)[C@H]3O2)c(=O)nc1N. The molecule has 1 aliphatic heterocycles. The molecule has 0 radical (unpaired) electrons. The van der Waals surface area contributed by atoms with Gasteiger partial charge in [0.25, 0.3) is 0 Å². The Labute approximate surface area is 136 Å². The fraction of sp³-hybridized carbons (Fsp3) is 0.692. The Balaban J connectivity index is 1.66. The molecule has 0 aromatic carbocycles. The summed E-state index contributed by atoms with van der Waals surface area (Å²) in [5.41, 5.74) is 3.10. The molecule has 132 valence electrons. The lowest BCUT2D eigenvalue weighted by molar-refractivity contribution is -0.104. The first-order valence-electron chi connectivity index (χ1n) is 7.53. The number of rotatable bonds is 3. The van der Waals surface area contributed by atoms with Gasteiger partial charge in [-0.3, -0.25) is 9.09 Å². The lowest BCUT2D eigenvalue weighted by Gasteiger charge is -2.28. The minimum Gasteiger partial charge on any atom is -0.387 e. The van der Waals surface area contributed by atoms with E-state index in [1.165, 1.54) is 10.8 Å². The summed E-state index contributed by atoms with van der Waals surface area (Å²) in [6, 6.07) is 0. The van der Waals surface area contributed by atoms with Crippen LogP contribution in [0.3, 0.4) is 0 Å². The minimum atomic E-state index is -4.72. The fourth-order valence-electron chi connectivity index (χ4n) is 4.15. The van der Waals surface area contributed by atoms with E-state index in [1.807, 2.05) is 0 Å². The number of aromatic nitrogens is 2. The molecular formula is C13H18N3O7P. The van der Waals surface area contributed by atoms with Gasteiger partial charge in [0.2, 0.25) is 0 Å². The molecule has 0 bridgehead atoms. The van der Waals surface area contributed by atoms with E-state index in [2.05, 4.69) is 4.98 Å². The normalized spacial score (nSPS) is 40.4. The third-order valence-electron chi connectivity index (χ3n) is 5.22. The van der Waals surface area contributed by atoms with Crippen molar-refractivity contribution in [2.24, 2.45) is 5.92 Å². The summed E-state index contributed by atoms with van der Waals surface area (Å²) in [5, 5.41) is 10.8. The highest BCUT2D eigenvalue weighted by atomic mass is 31.2. The third kappa shape index (κ3) is 2.26. The van der Waals surface area contributed by atoms with Crippen molar-refractivity contribution in [3.05, 3.63) is 22.2 Å². The van der Waals surface area contributed by atoms with Crippen LogP contribution in [-0.4, -0.2) is 41.8 Å². The van der Waals surface area contributed by atoms with Crippen LogP contribution >= 0.6 is 7.82 Å². The average Bonchev–Trinajstić information content (AvgIpc) is 2.84. The zero-order chi connectivity index (χ0) is 17.5. The van der Waals surface area contributed by atoms with Crippen molar-refractivity contribution in [2.75, 3.05) is 5.73 Å². The van der Waals surface area contributed by atoms with Gasteiger partial charge in [0.05, 0.1) is 5.60 Å². The van der Waals surface area contributed by atoms with E-state index in [0.717, 1.165) is 0 Å². The second-order valence-electron chi connectivity index (χ2n) is 6.92. The standard InChI is InChI=1S/C13H18N3O7P/c1-6-5-16(11(17)15-9(6)14)8-4-12(18)2-7-3-13(7,10(12)22-8)23-24(19,20)21/h5,7-8,10,18H,2-4H2,1H3,(H2,14,15,17)(H2,19,20,21)/t7-,8-,10+,12+,13-/m1/s1. The predicted octanol–water partition coefficient (Wildman–Crippen LogP) is -0.576. The lowest BCUT2D eigenvalue weighted by Crippen LogP contribution is -2.43.